The summed E-state index contributed by atoms with van der Waals surface area (Å²) in [4.78, 5) is 35.1. The van der Waals surface area contributed by atoms with Crippen LogP contribution in [0, 0.1) is 0 Å². The molecule has 1 rings (SSSR count). The quantitative estimate of drug-likeness (QED) is 0.344. The Morgan fingerprint density at radius 2 is 1.81 bits per heavy atom. The molecule has 0 bridgehead atoms. The zero-order chi connectivity index (χ0) is 20.4. The average Bonchev–Trinajstić information content (AvgIpc) is 2.53. The summed E-state index contributed by atoms with van der Waals surface area (Å²) in [5.41, 5.74) is 0.300. The molecule has 0 saturated carbocycles. The number of aromatic hydroxyl groups is 2. The van der Waals surface area contributed by atoms with Crippen molar-refractivity contribution < 1.29 is 34.1 Å². The Kier molecular flexibility index (Phi) is 9.33. The van der Waals surface area contributed by atoms with Gasteiger partial charge in [0.2, 0.25) is 0 Å². The topological polar surface area (TPSA) is 110 Å². The molecule has 0 fully saturated rings. The summed E-state index contributed by atoms with van der Waals surface area (Å²) in [5, 5.41) is 19.7. The van der Waals surface area contributed by atoms with Gasteiger partial charge in [-0.1, -0.05) is 6.42 Å². The van der Waals surface area contributed by atoms with Crippen molar-refractivity contribution in [3.8, 4) is 11.5 Å². The molecule has 0 heterocycles. The van der Waals surface area contributed by atoms with Crippen LogP contribution in [0.2, 0.25) is 0 Å². The predicted octanol–water partition coefficient (Wildman–Crippen LogP) is 3.29. The molecule has 7 nitrogen and oxygen atoms in total. The maximum absolute atomic E-state index is 12.5. The number of phenols is 2. The van der Waals surface area contributed by atoms with Crippen LogP contribution in [-0.2, 0) is 25.5 Å². The fourth-order valence-electron chi connectivity index (χ4n) is 2.86. The van der Waals surface area contributed by atoms with Crippen LogP contribution in [0.4, 0.5) is 0 Å². The molecule has 0 radical (unpaired) electrons. The first kappa shape index (κ1) is 22.5. The lowest BCUT2D eigenvalue weighted by atomic mass is 9.96. The maximum Gasteiger partial charge on any atom is 0.310 e. The van der Waals surface area contributed by atoms with E-state index in [2.05, 4.69) is 0 Å². The van der Waals surface area contributed by atoms with Gasteiger partial charge in [-0.3, -0.25) is 14.4 Å². The summed E-state index contributed by atoms with van der Waals surface area (Å²) in [6, 6.07) is 2.38. The number of hydrogen-bond donors (Lipinski definition) is 2. The van der Waals surface area contributed by atoms with Gasteiger partial charge < -0.3 is 19.7 Å². The second kappa shape index (κ2) is 11.2. The molecule has 1 aromatic rings. The summed E-state index contributed by atoms with van der Waals surface area (Å²) in [6.07, 6.45) is 2.74. The van der Waals surface area contributed by atoms with E-state index < -0.39 is 5.97 Å². The molecule has 1 atom stereocenters. The normalized spacial score (nSPS) is 11.7. The molecule has 27 heavy (non-hydrogen) atoms. The minimum atomic E-state index is -0.531. The number of phenolic OH excluding ortho intramolecular Hbond substituents is 2. The number of ketones is 1. The van der Waals surface area contributed by atoms with Crippen LogP contribution in [0.25, 0.3) is 0 Å². The molecule has 0 spiro atoms. The third kappa shape index (κ3) is 8.11. The van der Waals surface area contributed by atoms with Crippen LogP contribution in [0.3, 0.4) is 0 Å². The lowest BCUT2D eigenvalue weighted by Gasteiger charge is -2.12. The monoisotopic (exact) mass is 380 g/mol. The number of carbonyl (C=O) groups is 3. The van der Waals surface area contributed by atoms with Gasteiger partial charge in [0.25, 0.3) is 0 Å². The van der Waals surface area contributed by atoms with E-state index in [0.29, 0.717) is 12.8 Å². The third-order valence-electron chi connectivity index (χ3n) is 3.98. The number of ether oxygens (including phenoxy) is 2. The predicted molar refractivity (Wildman–Crippen MR) is 98.8 cm³/mol. The van der Waals surface area contributed by atoms with Crippen LogP contribution in [0.15, 0.2) is 12.1 Å². The van der Waals surface area contributed by atoms with Crippen molar-refractivity contribution in [2.24, 2.45) is 0 Å². The molecule has 2 N–H and O–H groups in total. The number of benzene rings is 1. The Balaban J connectivity index is 2.63. The van der Waals surface area contributed by atoms with Crippen molar-refractivity contribution >= 4 is 17.7 Å². The third-order valence-corrected chi connectivity index (χ3v) is 3.98. The molecule has 0 aromatic heterocycles. The molecule has 0 aliphatic heterocycles. The van der Waals surface area contributed by atoms with E-state index >= 15 is 0 Å². The fourth-order valence-corrected chi connectivity index (χ4v) is 2.86. The van der Waals surface area contributed by atoms with Crippen molar-refractivity contribution in [3.05, 3.63) is 23.3 Å². The second-order valence-electron chi connectivity index (χ2n) is 6.42. The number of hydrogen-bond acceptors (Lipinski definition) is 7. The van der Waals surface area contributed by atoms with Gasteiger partial charge in [0.05, 0.1) is 24.7 Å². The molecular weight excluding hydrogens is 352 g/mol. The SMILES string of the molecule is CCOC(=O)Cc1cc(O)cc(O)c1C(=O)CCCCCC(C)OC(C)=O. The van der Waals surface area contributed by atoms with E-state index in [4.69, 9.17) is 9.47 Å². The summed E-state index contributed by atoms with van der Waals surface area (Å²) >= 11 is 0. The van der Waals surface area contributed by atoms with Gasteiger partial charge in [-0.15, -0.1) is 0 Å². The number of rotatable bonds is 11. The highest BCUT2D eigenvalue weighted by Crippen LogP contribution is 2.29. The van der Waals surface area contributed by atoms with Crippen LogP contribution >= 0.6 is 0 Å². The van der Waals surface area contributed by atoms with E-state index in [1.165, 1.54) is 13.0 Å². The average molecular weight is 380 g/mol. The van der Waals surface area contributed by atoms with Gasteiger partial charge in [-0.25, -0.2) is 0 Å². The standard InChI is InChI=1S/C20H28O7/c1-4-26-19(25)11-15-10-16(22)12-18(24)20(15)17(23)9-7-5-6-8-13(2)27-14(3)21/h10,12-13,22,24H,4-9,11H2,1-3H3. The second-order valence-corrected chi connectivity index (χ2v) is 6.42. The maximum atomic E-state index is 12.5. The van der Waals surface area contributed by atoms with Gasteiger partial charge in [-0.2, -0.15) is 0 Å². The van der Waals surface area contributed by atoms with Gasteiger partial charge in [0.1, 0.15) is 11.5 Å². The summed E-state index contributed by atoms with van der Waals surface area (Å²) in [5.74, 6) is -1.70. The van der Waals surface area contributed by atoms with Crippen LogP contribution in [0.1, 0.15) is 68.8 Å². The molecule has 0 amide bonds. The molecule has 1 unspecified atom stereocenters. The van der Waals surface area contributed by atoms with Gasteiger partial charge in [0, 0.05) is 19.4 Å². The minimum absolute atomic E-state index is 0.0501. The Morgan fingerprint density at radius 1 is 1.11 bits per heavy atom. The fraction of sp³-hybridized carbons (Fsp3) is 0.550. The molecule has 7 heteroatoms. The summed E-state index contributed by atoms with van der Waals surface area (Å²) in [6.45, 7) is 5.07. The van der Waals surface area contributed by atoms with Crippen LogP contribution < -0.4 is 0 Å². The Morgan fingerprint density at radius 3 is 2.44 bits per heavy atom. The first-order valence-electron chi connectivity index (χ1n) is 9.15. The van der Waals surface area contributed by atoms with Crippen molar-refractivity contribution in [1.29, 1.82) is 0 Å². The highest BCUT2D eigenvalue weighted by atomic mass is 16.5. The first-order chi connectivity index (χ1) is 12.7. The van der Waals surface area contributed by atoms with Crippen molar-refractivity contribution in [2.75, 3.05) is 6.61 Å². The van der Waals surface area contributed by atoms with Crippen molar-refractivity contribution in [1.82, 2.24) is 0 Å². The van der Waals surface area contributed by atoms with E-state index in [0.717, 1.165) is 18.9 Å². The summed E-state index contributed by atoms with van der Waals surface area (Å²) < 4.78 is 9.91. The van der Waals surface area contributed by atoms with Gasteiger partial charge in [-0.05, 0) is 44.7 Å². The summed E-state index contributed by atoms with van der Waals surface area (Å²) in [7, 11) is 0. The van der Waals surface area contributed by atoms with Crippen molar-refractivity contribution in [3.63, 3.8) is 0 Å². The molecule has 0 aliphatic rings. The molecule has 0 aliphatic carbocycles. The lowest BCUT2D eigenvalue weighted by Crippen LogP contribution is -2.12. The van der Waals surface area contributed by atoms with E-state index in [1.807, 2.05) is 6.92 Å². The highest BCUT2D eigenvalue weighted by Gasteiger charge is 2.20. The van der Waals surface area contributed by atoms with Crippen LogP contribution in [-0.4, -0.2) is 40.6 Å². The van der Waals surface area contributed by atoms with Crippen molar-refractivity contribution in [2.45, 2.75) is 65.4 Å². The largest absolute Gasteiger partial charge is 0.508 e. The smallest absolute Gasteiger partial charge is 0.310 e. The van der Waals surface area contributed by atoms with E-state index in [9.17, 15) is 24.6 Å². The number of unbranched alkanes of at least 4 members (excludes halogenated alkanes) is 2. The molecular formula is C20H28O7. The van der Waals surface area contributed by atoms with Gasteiger partial charge >= 0.3 is 11.9 Å². The van der Waals surface area contributed by atoms with E-state index in [-0.39, 0.29) is 59.9 Å². The molecule has 1 aromatic carbocycles. The van der Waals surface area contributed by atoms with Crippen LogP contribution in [0.5, 0.6) is 11.5 Å². The zero-order valence-electron chi connectivity index (χ0n) is 16.1. The Labute approximate surface area is 159 Å². The first-order valence-corrected chi connectivity index (χ1v) is 9.15. The minimum Gasteiger partial charge on any atom is -0.508 e. The Hall–Kier alpha value is -2.57. The molecule has 0 saturated heterocycles. The lowest BCUT2D eigenvalue weighted by molar-refractivity contribution is -0.146. The van der Waals surface area contributed by atoms with E-state index in [1.54, 1.807) is 6.92 Å². The number of carbonyl (C=O) groups excluding carboxylic acids is 3. The number of esters is 2. The van der Waals surface area contributed by atoms with Gasteiger partial charge in [0.15, 0.2) is 5.78 Å². The number of Topliss-reactive ketones (excluding diaryl/α,β-unsaturated/α-hetero) is 1. The Bertz CT molecular complexity index is 667. The zero-order valence-corrected chi connectivity index (χ0v) is 16.1. The highest BCUT2D eigenvalue weighted by molar-refractivity contribution is 6.01. The molecule has 150 valence electrons.